The summed E-state index contributed by atoms with van der Waals surface area (Å²) in [7, 11) is 0. The molecule has 15 heavy (non-hydrogen) atoms. The summed E-state index contributed by atoms with van der Waals surface area (Å²) in [5.41, 5.74) is 0.923. The molecule has 0 amide bonds. The number of benzene rings is 1. The van der Waals surface area contributed by atoms with Gasteiger partial charge in [-0.3, -0.25) is 0 Å². The van der Waals surface area contributed by atoms with Crippen LogP contribution in [0.3, 0.4) is 0 Å². The van der Waals surface area contributed by atoms with E-state index >= 15 is 0 Å². The first-order chi connectivity index (χ1) is 7.06. The van der Waals surface area contributed by atoms with Crippen molar-refractivity contribution in [3.8, 4) is 5.75 Å². The second-order valence-corrected chi connectivity index (χ2v) is 3.66. The van der Waals surface area contributed by atoms with Crippen LogP contribution in [0.1, 0.15) is 29.3 Å². The second kappa shape index (κ2) is 5.03. The first-order valence-electron chi connectivity index (χ1n) is 4.72. The molecule has 0 unspecified atom stereocenters. The van der Waals surface area contributed by atoms with Crippen LogP contribution >= 0.6 is 11.6 Å². The molecule has 0 aliphatic rings. The minimum absolute atomic E-state index is 0.110. The first-order valence-corrected chi connectivity index (χ1v) is 5.10. The lowest BCUT2D eigenvalue weighted by Crippen LogP contribution is -2.04. The van der Waals surface area contributed by atoms with E-state index in [-0.39, 0.29) is 5.56 Å². The maximum atomic E-state index is 10.9. The molecule has 1 aromatic carbocycles. The minimum atomic E-state index is -1.02. The predicted octanol–water partition coefficient (Wildman–Crippen LogP) is 3.14. The fraction of sp³-hybridized carbons (Fsp3) is 0.364. The minimum Gasteiger partial charge on any atom is -0.493 e. The van der Waals surface area contributed by atoms with E-state index in [1.54, 1.807) is 6.07 Å². The zero-order chi connectivity index (χ0) is 11.4. The molecule has 82 valence electrons. The molecule has 1 aromatic rings. The molecule has 0 radical (unpaired) electrons. The summed E-state index contributed by atoms with van der Waals surface area (Å²) in [6, 6.07) is 3.08. The van der Waals surface area contributed by atoms with Crippen LogP contribution in [0.25, 0.3) is 0 Å². The third-order valence-corrected chi connectivity index (χ3v) is 2.36. The predicted molar refractivity (Wildman–Crippen MR) is 58.9 cm³/mol. The van der Waals surface area contributed by atoms with Crippen molar-refractivity contribution in [2.24, 2.45) is 0 Å². The first kappa shape index (κ1) is 11.9. The highest BCUT2D eigenvalue weighted by Crippen LogP contribution is 2.26. The van der Waals surface area contributed by atoms with Gasteiger partial charge in [-0.15, -0.1) is 0 Å². The van der Waals surface area contributed by atoms with Gasteiger partial charge in [0.05, 0.1) is 6.61 Å². The van der Waals surface area contributed by atoms with Gasteiger partial charge in [0, 0.05) is 5.02 Å². The lowest BCUT2D eigenvalue weighted by atomic mass is 10.1. The number of hydrogen-bond acceptors (Lipinski definition) is 2. The maximum Gasteiger partial charge on any atom is 0.339 e. The van der Waals surface area contributed by atoms with Gasteiger partial charge in [0.2, 0.25) is 0 Å². The van der Waals surface area contributed by atoms with Crippen molar-refractivity contribution in [3.63, 3.8) is 0 Å². The van der Waals surface area contributed by atoms with Gasteiger partial charge in [0.1, 0.15) is 11.3 Å². The van der Waals surface area contributed by atoms with Crippen molar-refractivity contribution in [1.29, 1.82) is 0 Å². The van der Waals surface area contributed by atoms with E-state index in [0.717, 1.165) is 12.0 Å². The van der Waals surface area contributed by atoms with Crippen molar-refractivity contribution >= 4 is 17.6 Å². The van der Waals surface area contributed by atoms with Gasteiger partial charge >= 0.3 is 5.97 Å². The summed E-state index contributed by atoms with van der Waals surface area (Å²) in [5.74, 6) is -0.644. The number of carboxylic acids is 1. The monoisotopic (exact) mass is 228 g/mol. The molecule has 3 nitrogen and oxygen atoms in total. The normalized spacial score (nSPS) is 10.1. The number of aryl methyl sites for hydroxylation is 1. The van der Waals surface area contributed by atoms with E-state index in [1.807, 2.05) is 13.8 Å². The van der Waals surface area contributed by atoms with Crippen LogP contribution < -0.4 is 4.74 Å². The molecule has 0 aliphatic carbocycles. The van der Waals surface area contributed by atoms with Crippen LogP contribution in [-0.4, -0.2) is 17.7 Å². The Bertz CT molecular complexity index is 374. The summed E-state index contributed by atoms with van der Waals surface area (Å²) >= 11 is 5.85. The molecule has 0 aliphatic heterocycles. The molecule has 0 saturated heterocycles. The average molecular weight is 229 g/mol. The Balaban J connectivity index is 3.10. The van der Waals surface area contributed by atoms with Crippen molar-refractivity contribution < 1.29 is 14.6 Å². The highest BCUT2D eigenvalue weighted by molar-refractivity contribution is 6.31. The molecule has 0 bridgehead atoms. The lowest BCUT2D eigenvalue weighted by Gasteiger charge is -2.10. The van der Waals surface area contributed by atoms with Crippen molar-refractivity contribution in [3.05, 3.63) is 28.3 Å². The molecule has 0 atom stereocenters. The lowest BCUT2D eigenvalue weighted by molar-refractivity contribution is 0.0692. The summed E-state index contributed by atoms with van der Waals surface area (Å²) in [6.45, 7) is 4.28. The highest BCUT2D eigenvalue weighted by Gasteiger charge is 2.13. The number of carboxylic acid groups (broad SMARTS) is 1. The van der Waals surface area contributed by atoms with E-state index in [1.165, 1.54) is 6.07 Å². The molecule has 0 heterocycles. The Morgan fingerprint density at radius 3 is 2.73 bits per heavy atom. The van der Waals surface area contributed by atoms with Crippen LogP contribution in [0.2, 0.25) is 5.02 Å². The molecule has 1 N–H and O–H groups in total. The van der Waals surface area contributed by atoms with E-state index in [2.05, 4.69) is 0 Å². The Morgan fingerprint density at radius 2 is 2.20 bits per heavy atom. The van der Waals surface area contributed by atoms with Crippen molar-refractivity contribution in [2.45, 2.75) is 20.3 Å². The van der Waals surface area contributed by atoms with E-state index in [0.29, 0.717) is 17.4 Å². The van der Waals surface area contributed by atoms with Gasteiger partial charge in [0.25, 0.3) is 0 Å². The Kier molecular flexibility index (Phi) is 3.97. The number of ether oxygens (including phenoxy) is 1. The number of rotatable bonds is 4. The zero-order valence-corrected chi connectivity index (χ0v) is 9.47. The summed E-state index contributed by atoms with van der Waals surface area (Å²) in [6.07, 6.45) is 0.834. The number of carbonyl (C=O) groups is 1. The molecular weight excluding hydrogens is 216 g/mol. The van der Waals surface area contributed by atoms with Gasteiger partial charge in [-0.25, -0.2) is 4.79 Å². The standard InChI is InChI=1S/C11H13ClO3/c1-3-4-15-10-5-7(2)9(12)6-8(10)11(13)14/h5-6H,3-4H2,1-2H3,(H,13,14). The van der Waals surface area contributed by atoms with Crippen LogP contribution in [-0.2, 0) is 0 Å². The maximum absolute atomic E-state index is 10.9. The quantitative estimate of drug-likeness (QED) is 0.861. The summed E-state index contributed by atoms with van der Waals surface area (Å²) < 4.78 is 5.34. The Labute approximate surface area is 93.6 Å². The van der Waals surface area contributed by atoms with Gasteiger partial charge in [-0.05, 0) is 31.0 Å². The van der Waals surface area contributed by atoms with Crippen LogP contribution in [0.15, 0.2) is 12.1 Å². The number of aromatic carboxylic acids is 1. The van der Waals surface area contributed by atoms with E-state index in [4.69, 9.17) is 21.4 Å². The van der Waals surface area contributed by atoms with Gasteiger partial charge in [-0.1, -0.05) is 18.5 Å². The van der Waals surface area contributed by atoms with Crippen LogP contribution in [0.4, 0.5) is 0 Å². The fourth-order valence-electron chi connectivity index (χ4n) is 1.15. The largest absolute Gasteiger partial charge is 0.493 e. The van der Waals surface area contributed by atoms with Crippen molar-refractivity contribution in [1.82, 2.24) is 0 Å². The number of halogens is 1. The molecule has 0 saturated carbocycles. The third kappa shape index (κ3) is 2.86. The molecule has 0 fully saturated rings. The summed E-state index contributed by atoms with van der Waals surface area (Å²) in [4.78, 5) is 10.9. The Morgan fingerprint density at radius 1 is 1.53 bits per heavy atom. The average Bonchev–Trinajstić information content (AvgIpc) is 2.19. The second-order valence-electron chi connectivity index (χ2n) is 3.25. The smallest absolute Gasteiger partial charge is 0.339 e. The molecule has 1 rings (SSSR count). The summed E-state index contributed by atoms with van der Waals surface area (Å²) in [5, 5.41) is 9.38. The van der Waals surface area contributed by atoms with Gasteiger partial charge < -0.3 is 9.84 Å². The Hall–Kier alpha value is -1.22. The highest BCUT2D eigenvalue weighted by atomic mass is 35.5. The molecule has 0 spiro atoms. The van der Waals surface area contributed by atoms with Crippen LogP contribution in [0.5, 0.6) is 5.75 Å². The molecular formula is C11H13ClO3. The van der Waals surface area contributed by atoms with Gasteiger partial charge in [0.15, 0.2) is 0 Å². The SMILES string of the molecule is CCCOc1cc(C)c(Cl)cc1C(=O)O. The van der Waals surface area contributed by atoms with Crippen molar-refractivity contribution in [2.75, 3.05) is 6.61 Å². The van der Waals surface area contributed by atoms with E-state index < -0.39 is 5.97 Å². The fourth-order valence-corrected chi connectivity index (χ4v) is 1.32. The molecule has 0 aromatic heterocycles. The van der Waals surface area contributed by atoms with Crippen LogP contribution in [0, 0.1) is 6.92 Å². The third-order valence-electron chi connectivity index (χ3n) is 1.95. The van der Waals surface area contributed by atoms with Gasteiger partial charge in [-0.2, -0.15) is 0 Å². The topological polar surface area (TPSA) is 46.5 Å². The molecule has 4 heteroatoms. The van der Waals surface area contributed by atoms with E-state index in [9.17, 15) is 4.79 Å². The zero-order valence-electron chi connectivity index (χ0n) is 8.71. The number of hydrogen-bond donors (Lipinski definition) is 1.